The summed E-state index contributed by atoms with van der Waals surface area (Å²) in [5.74, 6) is 0. The van der Waals surface area contributed by atoms with Crippen LogP contribution in [0, 0.1) is 0 Å². The fourth-order valence-corrected chi connectivity index (χ4v) is 1.66. The first-order valence-corrected chi connectivity index (χ1v) is 6.15. The summed E-state index contributed by atoms with van der Waals surface area (Å²) in [4.78, 5) is 0. The molecule has 0 saturated heterocycles. The number of aliphatic hydroxyl groups is 1. The molecule has 0 unspecified atom stereocenters. The molecule has 1 rings (SSSR count). The Kier molecular flexibility index (Phi) is 4.68. The smallest absolute Gasteiger partial charge is 0.397 e. The molecule has 6 heteroatoms. The summed E-state index contributed by atoms with van der Waals surface area (Å²) >= 11 is 0. The minimum absolute atomic E-state index is 0.0179. The summed E-state index contributed by atoms with van der Waals surface area (Å²) in [6.07, 6.45) is -3.30. The molecule has 3 nitrogen and oxygen atoms in total. The SMILES string of the molecule is CCC(O)(CC)CNc1ccc(C(F)(F)F)cc1N. The summed E-state index contributed by atoms with van der Waals surface area (Å²) in [7, 11) is 0. The number of nitrogen functional groups attached to an aromatic ring is 1. The zero-order chi connectivity index (χ0) is 14.7. The molecule has 0 bridgehead atoms. The molecule has 0 atom stereocenters. The van der Waals surface area contributed by atoms with Crippen LogP contribution in [-0.4, -0.2) is 17.3 Å². The van der Waals surface area contributed by atoms with Crippen molar-refractivity contribution in [1.82, 2.24) is 0 Å². The Morgan fingerprint density at radius 1 is 1.21 bits per heavy atom. The Bertz CT molecular complexity index is 428. The van der Waals surface area contributed by atoms with Gasteiger partial charge in [-0.15, -0.1) is 0 Å². The van der Waals surface area contributed by atoms with E-state index in [9.17, 15) is 18.3 Å². The quantitative estimate of drug-likeness (QED) is 0.723. The number of alkyl halides is 3. The Labute approximate surface area is 110 Å². The van der Waals surface area contributed by atoms with E-state index < -0.39 is 17.3 Å². The minimum atomic E-state index is -4.40. The standard InChI is InChI=1S/C13H19F3N2O/c1-3-12(19,4-2)8-18-11-6-5-9(7-10(11)17)13(14,15)16/h5-7,18-19H,3-4,8,17H2,1-2H3. The van der Waals surface area contributed by atoms with Crippen LogP contribution < -0.4 is 11.1 Å². The van der Waals surface area contributed by atoms with Crippen molar-refractivity contribution in [3.63, 3.8) is 0 Å². The van der Waals surface area contributed by atoms with Gasteiger partial charge >= 0.3 is 6.18 Å². The number of hydrogen-bond acceptors (Lipinski definition) is 3. The van der Waals surface area contributed by atoms with Crippen LogP contribution in [0.3, 0.4) is 0 Å². The Hall–Kier alpha value is -1.43. The lowest BCUT2D eigenvalue weighted by Gasteiger charge is -2.26. The predicted octanol–water partition coefficient (Wildman–Crippen LogP) is 3.25. The summed E-state index contributed by atoms with van der Waals surface area (Å²) in [6, 6.07) is 3.14. The molecule has 0 radical (unpaired) electrons. The van der Waals surface area contributed by atoms with Crippen LogP contribution in [0.5, 0.6) is 0 Å². The van der Waals surface area contributed by atoms with Crippen molar-refractivity contribution in [3.05, 3.63) is 23.8 Å². The van der Waals surface area contributed by atoms with E-state index >= 15 is 0 Å². The first-order chi connectivity index (χ1) is 8.72. The summed E-state index contributed by atoms with van der Waals surface area (Å²) in [5, 5.41) is 13.0. The van der Waals surface area contributed by atoms with Gasteiger partial charge in [0.2, 0.25) is 0 Å². The number of nitrogens with two attached hydrogens (primary N) is 1. The maximum absolute atomic E-state index is 12.5. The second-order valence-corrected chi connectivity index (χ2v) is 4.58. The highest BCUT2D eigenvalue weighted by Crippen LogP contribution is 2.33. The molecule has 108 valence electrons. The number of benzene rings is 1. The van der Waals surface area contributed by atoms with Gasteiger partial charge in [-0.05, 0) is 31.0 Å². The number of nitrogens with one attached hydrogen (secondary N) is 1. The lowest BCUT2D eigenvalue weighted by Crippen LogP contribution is -2.35. The lowest BCUT2D eigenvalue weighted by molar-refractivity contribution is -0.137. The van der Waals surface area contributed by atoms with Crippen LogP contribution >= 0.6 is 0 Å². The van der Waals surface area contributed by atoms with Crippen molar-refractivity contribution >= 4 is 11.4 Å². The molecule has 0 aliphatic rings. The molecule has 0 fully saturated rings. The van der Waals surface area contributed by atoms with E-state index in [1.807, 2.05) is 13.8 Å². The van der Waals surface area contributed by atoms with Crippen LogP contribution in [0.2, 0.25) is 0 Å². The Balaban J connectivity index is 2.82. The lowest BCUT2D eigenvalue weighted by atomic mass is 9.97. The molecular formula is C13H19F3N2O. The normalized spacial score (nSPS) is 12.5. The maximum atomic E-state index is 12.5. The average molecular weight is 276 g/mol. The van der Waals surface area contributed by atoms with Crippen LogP contribution in [0.25, 0.3) is 0 Å². The molecule has 1 aromatic rings. The molecule has 0 aliphatic carbocycles. The van der Waals surface area contributed by atoms with Gasteiger partial charge in [0.1, 0.15) is 0 Å². The van der Waals surface area contributed by atoms with Gasteiger partial charge in [0, 0.05) is 6.54 Å². The van der Waals surface area contributed by atoms with Gasteiger partial charge < -0.3 is 16.2 Å². The van der Waals surface area contributed by atoms with Crippen molar-refractivity contribution in [2.45, 2.75) is 38.5 Å². The molecule has 0 saturated carbocycles. The molecule has 0 amide bonds. The second kappa shape index (κ2) is 5.69. The molecule has 0 aliphatic heterocycles. The number of halogens is 3. The largest absolute Gasteiger partial charge is 0.416 e. The van der Waals surface area contributed by atoms with Crippen molar-refractivity contribution < 1.29 is 18.3 Å². The first-order valence-electron chi connectivity index (χ1n) is 6.15. The van der Waals surface area contributed by atoms with Crippen LogP contribution in [-0.2, 0) is 6.18 Å². The van der Waals surface area contributed by atoms with Gasteiger partial charge in [0.15, 0.2) is 0 Å². The van der Waals surface area contributed by atoms with E-state index in [0.717, 1.165) is 12.1 Å². The van der Waals surface area contributed by atoms with Crippen molar-refractivity contribution in [3.8, 4) is 0 Å². The maximum Gasteiger partial charge on any atom is 0.416 e. The molecule has 4 N–H and O–H groups in total. The highest BCUT2D eigenvalue weighted by molar-refractivity contribution is 5.67. The monoisotopic (exact) mass is 276 g/mol. The highest BCUT2D eigenvalue weighted by Gasteiger charge is 2.31. The number of hydrogen-bond donors (Lipinski definition) is 3. The summed E-state index contributed by atoms with van der Waals surface area (Å²) in [5.41, 5.74) is 4.34. The predicted molar refractivity (Wildman–Crippen MR) is 69.9 cm³/mol. The van der Waals surface area contributed by atoms with Crippen LogP contribution in [0.1, 0.15) is 32.3 Å². The van der Waals surface area contributed by atoms with Crippen molar-refractivity contribution in [2.24, 2.45) is 0 Å². The second-order valence-electron chi connectivity index (χ2n) is 4.58. The van der Waals surface area contributed by atoms with Crippen LogP contribution in [0.15, 0.2) is 18.2 Å². The minimum Gasteiger partial charge on any atom is -0.397 e. The topological polar surface area (TPSA) is 58.3 Å². The number of anilines is 2. The number of rotatable bonds is 5. The Morgan fingerprint density at radius 3 is 2.21 bits per heavy atom. The summed E-state index contributed by atoms with van der Waals surface area (Å²) < 4.78 is 37.4. The third-order valence-corrected chi connectivity index (χ3v) is 3.30. The van der Waals surface area contributed by atoms with E-state index in [0.29, 0.717) is 18.5 Å². The third kappa shape index (κ3) is 4.02. The molecule has 0 aromatic heterocycles. The fraction of sp³-hybridized carbons (Fsp3) is 0.538. The average Bonchev–Trinajstić information content (AvgIpc) is 2.35. The molecule has 0 spiro atoms. The fourth-order valence-electron chi connectivity index (χ4n) is 1.66. The Morgan fingerprint density at radius 2 is 1.79 bits per heavy atom. The molecule has 19 heavy (non-hydrogen) atoms. The third-order valence-electron chi connectivity index (χ3n) is 3.30. The van der Waals surface area contributed by atoms with Gasteiger partial charge in [0.05, 0.1) is 22.5 Å². The van der Waals surface area contributed by atoms with Gasteiger partial charge in [0.25, 0.3) is 0 Å². The molecular weight excluding hydrogens is 257 g/mol. The van der Waals surface area contributed by atoms with E-state index in [1.165, 1.54) is 6.07 Å². The zero-order valence-electron chi connectivity index (χ0n) is 11.0. The highest BCUT2D eigenvalue weighted by atomic mass is 19.4. The molecule has 0 heterocycles. The van der Waals surface area contributed by atoms with E-state index in [4.69, 9.17) is 5.73 Å². The van der Waals surface area contributed by atoms with Crippen molar-refractivity contribution in [2.75, 3.05) is 17.6 Å². The van der Waals surface area contributed by atoms with Gasteiger partial charge in [-0.25, -0.2) is 0 Å². The van der Waals surface area contributed by atoms with Crippen molar-refractivity contribution in [1.29, 1.82) is 0 Å². The van der Waals surface area contributed by atoms with Gasteiger partial charge in [-0.1, -0.05) is 13.8 Å². The summed E-state index contributed by atoms with van der Waals surface area (Å²) in [6.45, 7) is 3.94. The van der Waals surface area contributed by atoms with Gasteiger partial charge in [-0.2, -0.15) is 13.2 Å². The van der Waals surface area contributed by atoms with Gasteiger partial charge in [-0.3, -0.25) is 0 Å². The molecule has 1 aromatic carbocycles. The van der Waals surface area contributed by atoms with E-state index in [-0.39, 0.29) is 12.2 Å². The zero-order valence-corrected chi connectivity index (χ0v) is 11.0. The van der Waals surface area contributed by atoms with Crippen LogP contribution in [0.4, 0.5) is 24.5 Å². The first kappa shape index (κ1) is 15.6. The van der Waals surface area contributed by atoms with E-state index in [2.05, 4.69) is 5.32 Å². The van der Waals surface area contributed by atoms with E-state index in [1.54, 1.807) is 0 Å².